The molecule has 6 heteroatoms. The fourth-order valence-electron chi connectivity index (χ4n) is 2.54. The van der Waals surface area contributed by atoms with Gasteiger partial charge in [-0.2, -0.15) is 0 Å². The van der Waals surface area contributed by atoms with Gasteiger partial charge >= 0.3 is 6.09 Å². The molecule has 1 saturated heterocycles. The van der Waals surface area contributed by atoms with E-state index in [1.54, 1.807) is 11.1 Å². The number of amides is 1. The molecule has 0 atom stereocenters. The number of para-hydroxylation sites is 2. The van der Waals surface area contributed by atoms with Crippen molar-refractivity contribution in [1.82, 2.24) is 14.9 Å². The summed E-state index contributed by atoms with van der Waals surface area (Å²) in [5.41, 5.74) is 1.68. The first kappa shape index (κ1) is 14.6. The lowest BCUT2D eigenvalue weighted by atomic mass is 10.1. The van der Waals surface area contributed by atoms with Gasteiger partial charge in [-0.05, 0) is 19.1 Å². The van der Waals surface area contributed by atoms with Crippen molar-refractivity contribution in [2.24, 2.45) is 0 Å². The molecule has 0 bridgehead atoms. The molecular weight excluding hydrogens is 282 g/mol. The summed E-state index contributed by atoms with van der Waals surface area (Å²) in [4.78, 5) is 22.2. The molecule has 0 aliphatic carbocycles. The van der Waals surface area contributed by atoms with Crippen molar-refractivity contribution < 1.29 is 14.3 Å². The van der Waals surface area contributed by atoms with E-state index in [2.05, 4.69) is 9.97 Å². The van der Waals surface area contributed by atoms with Crippen molar-refractivity contribution in [2.45, 2.75) is 25.9 Å². The number of rotatable bonds is 3. The first-order valence-electron chi connectivity index (χ1n) is 7.56. The van der Waals surface area contributed by atoms with Gasteiger partial charge < -0.3 is 14.4 Å². The Bertz CT molecular complexity index is 654. The largest absolute Gasteiger partial charge is 0.473 e. The van der Waals surface area contributed by atoms with Gasteiger partial charge in [0.1, 0.15) is 6.10 Å². The number of carbonyl (C=O) groups excluding carboxylic acids is 1. The minimum absolute atomic E-state index is 0.0566. The second-order valence-electron chi connectivity index (χ2n) is 5.20. The van der Waals surface area contributed by atoms with E-state index in [-0.39, 0.29) is 12.2 Å². The van der Waals surface area contributed by atoms with Crippen molar-refractivity contribution in [1.29, 1.82) is 0 Å². The van der Waals surface area contributed by atoms with Crippen LogP contribution in [0.5, 0.6) is 5.88 Å². The van der Waals surface area contributed by atoms with Gasteiger partial charge in [-0.25, -0.2) is 14.8 Å². The number of ether oxygens (including phenoxy) is 2. The highest BCUT2D eigenvalue weighted by atomic mass is 16.6. The van der Waals surface area contributed by atoms with Gasteiger partial charge in [0.2, 0.25) is 5.88 Å². The molecule has 1 fully saturated rings. The van der Waals surface area contributed by atoms with Crippen LogP contribution in [0.25, 0.3) is 11.0 Å². The van der Waals surface area contributed by atoms with E-state index in [1.807, 2.05) is 31.2 Å². The molecular formula is C16H19N3O3. The van der Waals surface area contributed by atoms with Crippen LogP contribution in [0, 0.1) is 0 Å². The lowest BCUT2D eigenvalue weighted by Crippen LogP contribution is -2.42. The minimum atomic E-state index is -0.244. The van der Waals surface area contributed by atoms with E-state index in [4.69, 9.17) is 9.47 Å². The Kier molecular flexibility index (Phi) is 4.37. The normalized spacial score (nSPS) is 15.8. The Morgan fingerprint density at radius 2 is 2.00 bits per heavy atom. The van der Waals surface area contributed by atoms with Crippen LogP contribution in [-0.4, -0.2) is 46.8 Å². The molecule has 2 aromatic rings. The SMILES string of the molecule is CCOC(=O)N1CCC(Oc2cnc3ccccc3n2)CC1. The van der Waals surface area contributed by atoms with Gasteiger partial charge in [-0.15, -0.1) is 0 Å². The number of hydrogen-bond acceptors (Lipinski definition) is 5. The van der Waals surface area contributed by atoms with Crippen molar-refractivity contribution >= 4 is 17.1 Å². The first-order valence-corrected chi connectivity index (χ1v) is 7.56. The summed E-state index contributed by atoms with van der Waals surface area (Å²) in [6.07, 6.45) is 3.01. The lowest BCUT2D eigenvalue weighted by molar-refractivity contribution is 0.0688. The Hall–Kier alpha value is -2.37. The molecule has 1 aliphatic heterocycles. The molecule has 0 unspecified atom stereocenters. The molecule has 116 valence electrons. The third-order valence-electron chi connectivity index (χ3n) is 3.68. The number of nitrogens with zero attached hydrogens (tertiary/aromatic N) is 3. The third kappa shape index (κ3) is 3.27. The number of piperidine rings is 1. The van der Waals surface area contributed by atoms with Crippen molar-refractivity contribution in [3.63, 3.8) is 0 Å². The summed E-state index contributed by atoms with van der Waals surface area (Å²) in [5.74, 6) is 0.535. The number of benzene rings is 1. The number of likely N-dealkylation sites (tertiary alicyclic amines) is 1. The second-order valence-corrected chi connectivity index (χ2v) is 5.20. The van der Waals surface area contributed by atoms with Crippen LogP contribution in [0.2, 0.25) is 0 Å². The molecule has 1 aromatic carbocycles. The minimum Gasteiger partial charge on any atom is -0.473 e. The molecule has 1 amide bonds. The van der Waals surface area contributed by atoms with Crippen molar-refractivity contribution in [3.8, 4) is 5.88 Å². The molecule has 0 radical (unpaired) electrons. The highest BCUT2D eigenvalue weighted by molar-refractivity contribution is 5.73. The lowest BCUT2D eigenvalue weighted by Gasteiger charge is -2.31. The van der Waals surface area contributed by atoms with E-state index in [0.29, 0.717) is 25.6 Å². The van der Waals surface area contributed by atoms with Crippen LogP contribution in [0.3, 0.4) is 0 Å². The van der Waals surface area contributed by atoms with Gasteiger partial charge in [0, 0.05) is 25.9 Å². The first-order chi connectivity index (χ1) is 10.8. The molecule has 22 heavy (non-hydrogen) atoms. The van der Waals surface area contributed by atoms with Gasteiger partial charge in [-0.1, -0.05) is 12.1 Å². The zero-order valence-electron chi connectivity index (χ0n) is 12.6. The van der Waals surface area contributed by atoms with Gasteiger partial charge in [0.25, 0.3) is 0 Å². The van der Waals surface area contributed by atoms with Gasteiger partial charge in [0.15, 0.2) is 0 Å². The average molecular weight is 301 g/mol. The predicted molar refractivity (Wildman–Crippen MR) is 81.8 cm³/mol. The zero-order valence-corrected chi connectivity index (χ0v) is 12.6. The quantitative estimate of drug-likeness (QED) is 0.872. The summed E-state index contributed by atoms with van der Waals surface area (Å²) in [7, 11) is 0. The summed E-state index contributed by atoms with van der Waals surface area (Å²) in [6, 6.07) is 7.70. The average Bonchev–Trinajstić information content (AvgIpc) is 2.56. The van der Waals surface area contributed by atoms with Crippen LogP contribution in [0.15, 0.2) is 30.5 Å². The maximum atomic E-state index is 11.7. The van der Waals surface area contributed by atoms with E-state index in [9.17, 15) is 4.79 Å². The monoisotopic (exact) mass is 301 g/mol. The maximum Gasteiger partial charge on any atom is 0.409 e. The van der Waals surface area contributed by atoms with Crippen molar-refractivity contribution in [3.05, 3.63) is 30.5 Å². The number of aromatic nitrogens is 2. The van der Waals surface area contributed by atoms with E-state index < -0.39 is 0 Å². The van der Waals surface area contributed by atoms with E-state index >= 15 is 0 Å². The Morgan fingerprint density at radius 1 is 1.27 bits per heavy atom. The zero-order chi connectivity index (χ0) is 15.4. The molecule has 2 heterocycles. The molecule has 3 rings (SSSR count). The fraction of sp³-hybridized carbons (Fsp3) is 0.438. The summed E-state index contributed by atoms with van der Waals surface area (Å²) >= 11 is 0. The van der Waals surface area contributed by atoms with Crippen LogP contribution >= 0.6 is 0 Å². The van der Waals surface area contributed by atoms with E-state index in [1.165, 1.54) is 0 Å². The Labute approximate surface area is 129 Å². The highest BCUT2D eigenvalue weighted by Crippen LogP contribution is 2.19. The Morgan fingerprint density at radius 3 is 2.73 bits per heavy atom. The third-order valence-corrected chi connectivity index (χ3v) is 3.68. The Balaban J connectivity index is 1.58. The molecule has 1 aromatic heterocycles. The standard InChI is InChI=1S/C16H19N3O3/c1-2-21-16(20)19-9-7-12(8-10-19)22-15-11-17-13-5-3-4-6-14(13)18-15/h3-6,11-12H,2,7-10H2,1H3. The topological polar surface area (TPSA) is 64.5 Å². The maximum absolute atomic E-state index is 11.7. The smallest absolute Gasteiger partial charge is 0.409 e. The highest BCUT2D eigenvalue weighted by Gasteiger charge is 2.25. The molecule has 0 saturated carbocycles. The van der Waals surface area contributed by atoms with Crippen LogP contribution in [0.4, 0.5) is 4.79 Å². The summed E-state index contributed by atoms with van der Waals surface area (Å²) in [5, 5.41) is 0. The molecule has 0 N–H and O–H groups in total. The van der Waals surface area contributed by atoms with E-state index in [0.717, 1.165) is 23.9 Å². The van der Waals surface area contributed by atoms with Crippen LogP contribution in [0.1, 0.15) is 19.8 Å². The van der Waals surface area contributed by atoms with Crippen LogP contribution in [-0.2, 0) is 4.74 Å². The summed E-state index contributed by atoms with van der Waals surface area (Å²) in [6.45, 7) is 3.50. The van der Waals surface area contributed by atoms with Gasteiger partial charge in [0.05, 0.1) is 23.8 Å². The molecule has 6 nitrogen and oxygen atoms in total. The second kappa shape index (κ2) is 6.60. The number of fused-ring (bicyclic) bond motifs is 1. The molecule has 0 spiro atoms. The van der Waals surface area contributed by atoms with Crippen LogP contribution < -0.4 is 4.74 Å². The number of hydrogen-bond donors (Lipinski definition) is 0. The number of carbonyl (C=O) groups is 1. The predicted octanol–water partition coefficient (Wildman–Crippen LogP) is 2.63. The summed E-state index contributed by atoms with van der Waals surface area (Å²) < 4.78 is 10.9. The fourth-order valence-corrected chi connectivity index (χ4v) is 2.54. The van der Waals surface area contributed by atoms with Gasteiger partial charge in [-0.3, -0.25) is 0 Å². The molecule has 1 aliphatic rings. The van der Waals surface area contributed by atoms with Crippen molar-refractivity contribution in [2.75, 3.05) is 19.7 Å².